The first-order valence-corrected chi connectivity index (χ1v) is 6.08. The summed E-state index contributed by atoms with van der Waals surface area (Å²) >= 11 is 0. The van der Waals surface area contributed by atoms with Gasteiger partial charge < -0.3 is 9.47 Å². The molecule has 0 N–H and O–H groups in total. The van der Waals surface area contributed by atoms with Gasteiger partial charge in [0.05, 0.1) is 13.2 Å². The van der Waals surface area contributed by atoms with Gasteiger partial charge in [-0.2, -0.15) is 16.8 Å². The van der Waals surface area contributed by atoms with E-state index in [-0.39, 0.29) is 13.2 Å². The van der Waals surface area contributed by atoms with Crippen molar-refractivity contribution in [2.45, 2.75) is 12.2 Å². The van der Waals surface area contributed by atoms with Crippen LogP contribution in [0, 0.1) is 0 Å². The second-order valence-electron chi connectivity index (χ2n) is 2.85. The van der Waals surface area contributed by atoms with Gasteiger partial charge in [0.25, 0.3) is 0 Å². The van der Waals surface area contributed by atoms with Gasteiger partial charge in [-0.1, -0.05) is 0 Å². The van der Waals surface area contributed by atoms with Gasteiger partial charge in [0.1, 0.15) is 12.2 Å². The van der Waals surface area contributed by atoms with Crippen molar-refractivity contribution >= 4 is 30.7 Å². The van der Waals surface area contributed by atoms with E-state index in [0.29, 0.717) is 0 Å². The van der Waals surface area contributed by atoms with E-state index in [9.17, 15) is 16.8 Å². The lowest BCUT2D eigenvalue weighted by molar-refractivity contribution is 0.400. The molecule has 0 saturated carbocycles. The third-order valence-electron chi connectivity index (χ3n) is 1.72. The van der Waals surface area contributed by atoms with Gasteiger partial charge in [0.2, 0.25) is 30.7 Å². The quantitative estimate of drug-likeness (QED) is 0.407. The molecule has 7 nitrogen and oxygen atoms in total. The van der Waals surface area contributed by atoms with E-state index in [1.165, 1.54) is 0 Å². The second kappa shape index (κ2) is 4.02. The lowest BCUT2D eigenvalue weighted by atomic mass is 10.5. The summed E-state index contributed by atoms with van der Waals surface area (Å²) in [5, 5.41) is -0.825. The highest BCUT2D eigenvalue weighted by Crippen LogP contribution is 2.16. The maximum absolute atomic E-state index is 10.7. The van der Waals surface area contributed by atoms with Gasteiger partial charge in [-0.25, -0.2) is 0 Å². The van der Waals surface area contributed by atoms with Crippen LogP contribution >= 0.6 is 0 Å². The first-order chi connectivity index (χ1) is 7.09. The van der Waals surface area contributed by atoms with Crippen molar-refractivity contribution in [1.82, 2.24) is 0 Å². The molecule has 2 aliphatic heterocycles. The number of epoxide rings is 2. The zero-order chi connectivity index (χ0) is 11.0. The molecule has 2 aliphatic rings. The van der Waals surface area contributed by atoms with Gasteiger partial charge in [-0.15, -0.1) is 0 Å². The van der Waals surface area contributed by atoms with Crippen LogP contribution in [-0.2, 0) is 34.8 Å². The monoisotopic (exact) mass is 254 g/mol. The second-order valence-corrected chi connectivity index (χ2v) is 4.60. The Labute approximate surface area is 87.6 Å². The van der Waals surface area contributed by atoms with Crippen LogP contribution in [0.25, 0.3) is 0 Å². The Balaban J connectivity index is 2.26. The minimum atomic E-state index is -2.63. The Bertz CT molecular complexity index is 466. The molecule has 2 saturated heterocycles. The van der Waals surface area contributed by atoms with Crippen molar-refractivity contribution in [3.63, 3.8) is 0 Å². The SMILES string of the molecule is O=S(=O)=C(OC(C1CO1)=S(=O)=O)C1CO1. The van der Waals surface area contributed by atoms with Crippen molar-refractivity contribution in [3.8, 4) is 0 Å². The van der Waals surface area contributed by atoms with Crippen molar-refractivity contribution in [3.05, 3.63) is 0 Å². The molecule has 2 fully saturated rings. The zero-order valence-electron chi connectivity index (χ0n) is 7.24. The van der Waals surface area contributed by atoms with E-state index in [4.69, 9.17) is 14.2 Å². The fourth-order valence-electron chi connectivity index (χ4n) is 0.882. The predicted molar refractivity (Wildman–Crippen MR) is 48.4 cm³/mol. The summed E-state index contributed by atoms with van der Waals surface area (Å²) in [5.41, 5.74) is 0. The van der Waals surface area contributed by atoms with E-state index < -0.39 is 42.9 Å². The van der Waals surface area contributed by atoms with Crippen LogP contribution in [0.3, 0.4) is 0 Å². The molecule has 0 radical (unpaired) electrons. The first kappa shape index (κ1) is 10.8. The van der Waals surface area contributed by atoms with Crippen LogP contribution < -0.4 is 0 Å². The molecular formula is C6H6O7S2. The molecule has 15 heavy (non-hydrogen) atoms. The van der Waals surface area contributed by atoms with Gasteiger partial charge in [0, 0.05) is 0 Å². The zero-order valence-corrected chi connectivity index (χ0v) is 8.88. The van der Waals surface area contributed by atoms with Gasteiger partial charge in [-0.3, -0.25) is 4.74 Å². The molecule has 2 atom stereocenters. The summed E-state index contributed by atoms with van der Waals surface area (Å²) < 4.78 is 56.9. The van der Waals surface area contributed by atoms with Gasteiger partial charge in [0.15, 0.2) is 0 Å². The normalized spacial score (nSPS) is 26.9. The summed E-state index contributed by atoms with van der Waals surface area (Å²) in [7, 11) is -5.25. The minimum absolute atomic E-state index is 0.216. The van der Waals surface area contributed by atoms with Crippen LogP contribution in [-0.4, -0.2) is 52.4 Å². The lowest BCUT2D eigenvalue weighted by Gasteiger charge is -1.98. The largest absolute Gasteiger partial charge is 0.365 e. The average Bonchev–Trinajstić information content (AvgIpc) is 2.99. The summed E-state index contributed by atoms with van der Waals surface area (Å²) in [6.07, 6.45) is -1.33. The highest BCUT2D eigenvalue weighted by atomic mass is 32.2. The van der Waals surface area contributed by atoms with Crippen LogP contribution in [0.2, 0.25) is 0 Å². The number of hydrogen-bond donors (Lipinski definition) is 0. The van der Waals surface area contributed by atoms with Crippen LogP contribution in [0.5, 0.6) is 0 Å². The van der Waals surface area contributed by atoms with E-state index in [0.717, 1.165) is 0 Å². The Morgan fingerprint density at radius 3 is 1.47 bits per heavy atom. The topological polar surface area (TPSA) is 103 Å². The molecule has 0 amide bonds. The lowest BCUT2D eigenvalue weighted by Crippen LogP contribution is -2.23. The summed E-state index contributed by atoms with van der Waals surface area (Å²) in [6.45, 7) is 0.432. The number of hydrogen-bond acceptors (Lipinski definition) is 7. The number of ether oxygens (including phenoxy) is 3. The molecule has 0 aliphatic carbocycles. The number of rotatable bonds is 2. The third-order valence-corrected chi connectivity index (χ3v) is 3.07. The highest BCUT2D eigenvalue weighted by molar-refractivity contribution is 7.74. The smallest absolute Gasteiger partial charge is 0.244 e. The Morgan fingerprint density at radius 2 is 1.27 bits per heavy atom. The maximum Gasteiger partial charge on any atom is 0.244 e. The summed E-state index contributed by atoms with van der Waals surface area (Å²) in [6, 6.07) is 0. The first-order valence-electron chi connectivity index (χ1n) is 3.93. The predicted octanol–water partition coefficient (Wildman–Crippen LogP) is -2.18. The molecule has 2 unspecified atom stereocenters. The summed E-state index contributed by atoms with van der Waals surface area (Å²) in [4.78, 5) is 0. The van der Waals surface area contributed by atoms with Gasteiger partial charge >= 0.3 is 0 Å². The average molecular weight is 254 g/mol. The fraction of sp³-hybridized carbons (Fsp3) is 0.667. The molecular weight excluding hydrogens is 248 g/mol. The molecule has 9 heteroatoms. The minimum Gasteiger partial charge on any atom is -0.365 e. The fourth-order valence-corrected chi connectivity index (χ4v) is 1.95. The Hall–Kier alpha value is -0.740. The molecule has 0 bridgehead atoms. The molecule has 0 aromatic carbocycles. The van der Waals surface area contributed by atoms with Crippen LogP contribution in [0.15, 0.2) is 0 Å². The van der Waals surface area contributed by atoms with E-state index in [2.05, 4.69) is 0 Å². The highest BCUT2D eigenvalue weighted by Gasteiger charge is 2.38. The van der Waals surface area contributed by atoms with Gasteiger partial charge in [-0.05, 0) is 0 Å². The van der Waals surface area contributed by atoms with E-state index in [1.54, 1.807) is 0 Å². The van der Waals surface area contributed by atoms with Crippen molar-refractivity contribution in [1.29, 1.82) is 0 Å². The Kier molecular flexibility index (Phi) is 2.89. The summed E-state index contributed by atoms with van der Waals surface area (Å²) in [5.74, 6) is 0. The third kappa shape index (κ3) is 2.63. The maximum atomic E-state index is 10.7. The van der Waals surface area contributed by atoms with Crippen molar-refractivity contribution in [2.24, 2.45) is 0 Å². The molecule has 0 spiro atoms. The van der Waals surface area contributed by atoms with E-state index >= 15 is 0 Å². The molecule has 84 valence electrons. The molecule has 0 aromatic rings. The molecule has 2 rings (SSSR count). The van der Waals surface area contributed by atoms with Crippen LogP contribution in [0.4, 0.5) is 0 Å². The van der Waals surface area contributed by atoms with Crippen LogP contribution in [0.1, 0.15) is 0 Å². The molecule has 0 aromatic heterocycles. The Morgan fingerprint density at radius 1 is 0.933 bits per heavy atom. The molecule has 2 heterocycles. The standard InChI is InChI=1S/C6H6O7S2/c7-14(8)5(3-1-11-3)13-6(15(9)10)4-2-12-4/h3-4H,1-2H2. The van der Waals surface area contributed by atoms with Crippen molar-refractivity contribution < 1.29 is 31.0 Å². The van der Waals surface area contributed by atoms with E-state index in [1.807, 2.05) is 0 Å². The van der Waals surface area contributed by atoms with Crippen molar-refractivity contribution in [2.75, 3.05) is 13.2 Å².